The van der Waals surface area contributed by atoms with Gasteiger partial charge in [-0.25, -0.2) is 4.98 Å². The number of aromatic nitrogens is 2. The molecule has 1 aliphatic rings. The maximum atomic E-state index is 13.2. The molecule has 5 heteroatoms. The number of carbonyl (C=O) groups is 1. The van der Waals surface area contributed by atoms with Gasteiger partial charge in [0, 0.05) is 30.5 Å². The molecule has 3 heterocycles. The molecule has 0 fully saturated rings. The molecule has 0 bridgehead atoms. The molecule has 2 aromatic heterocycles. The van der Waals surface area contributed by atoms with Gasteiger partial charge in [-0.2, -0.15) is 0 Å². The lowest BCUT2D eigenvalue weighted by Crippen LogP contribution is -2.43. The molecular weight excluding hydrogens is 318 g/mol. The van der Waals surface area contributed by atoms with Crippen molar-refractivity contribution in [3.05, 3.63) is 52.8 Å². The lowest BCUT2D eigenvalue weighted by atomic mass is 9.96. The molecule has 1 aromatic carbocycles. The van der Waals surface area contributed by atoms with Crippen LogP contribution < -0.4 is 0 Å². The van der Waals surface area contributed by atoms with Crippen LogP contribution in [0.3, 0.4) is 0 Å². The van der Waals surface area contributed by atoms with Crippen LogP contribution in [0.2, 0.25) is 0 Å². The molecular formula is C19H21N3OS. The average molecular weight is 339 g/mol. The van der Waals surface area contributed by atoms with Gasteiger partial charge in [-0.05, 0) is 43.2 Å². The molecule has 0 radical (unpaired) electrons. The highest BCUT2D eigenvalue weighted by Crippen LogP contribution is 2.34. The highest BCUT2D eigenvalue weighted by atomic mass is 32.1. The summed E-state index contributed by atoms with van der Waals surface area (Å²) in [6.07, 6.45) is 2.11. The number of rotatable bonds is 2. The van der Waals surface area contributed by atoms with Crippen molar-refractivity contribution in [1.82, 2.24) is 14.5 Å². The van der Waals surface area contributed by atoms with Gasteiger partial charge in [0.15, 0.2) is 0 Å². The van der Waals surface area contributed by atoms with Crippen LogP contribution in [0.5, 0.6) is 0 Å². The fourth-order valence-electron chi connectivity index (χ4n) is 3.68. The molecule has 1 unspecified atom stereocenters. The predicted octanol–water partition coefficient (Wildman–Crippen LogP) is 4.26. The van der Waals surface area contributed by atoms with Gasteiger partial charge in [-0.15, -0.1) is 11.3 Å². The van der Waals surface area contributed by atoms with E-state index >= 15 is 0 Å². The van der Waals surface area contributed by atoms with Crippen LogP contribution in [0.15, 0.2) is 36.5 Å². The third-order valence-electron chi connectivity index (χ3n) is 4.72. The first kappa shape index (κ1) is 15.4. The maximum Gasteiger partial charge on any atom is 0.254 e. The van der Waals surface area contributed by atoms with Crippen LogP contribution in [0.25, 0.3) is 10.2 Å². The van der Waals surface area contributed by atoms with Crippen molar-refractivity contribution < 1.29 is 4.79 Å². The van der Waals surface area contributed by atoms with Crippen LogP contribution in [0, 0.1) is 12.8 Å². The minimum Gasteiger partial charge on any atom is -0.348 e. The van der Waals surface area contributed by atoms with Crippen LogP contribution >= 0.6 is 11.3 Å². The van der Waals surface area contributed by atoms with Gasteiger partial charge >= 0.3 is 0 Å². The zero-order valence-electron chi connectivity index (χ0n) is 14.2. The van der Waals surface area contributed by atoms with Crippen LogP contribution in [0.1, 0.15) is 40.9 Å². The van der Waals surface area contributed by atoms with Crippen molar-refractivity contribution in [2.24, 2.45) is 5.92 Å². The van der Waals surface area contributed by atoms with E-state index in [-0.39, 0.29) is 11.9 Å². The average Bonchev–Trinajstić information content (AvgIpc) is 3.16. The number of aryl methyl sites for hydroxylation is 1. The number of nitrogens with zero attached hydrogens (tertiary/aromatic N) is 3. The number of amides is 1. The molecule has 0 spiro atoms. The van der Waals surface area contributed by atoms with Crippen molar-refractivity contribution in [3.63, 3.8) is 0 Å². The van der Waals surface area contributed by atoms with Gasteiger partial charge in [0.25, 0.3) is 5.91 Å². The Kier molecular flexibility index (Phi) is 3.68. The highest BCUT2D eigenvalue weighted by Gasteiger charge is 2.33. The number of hydrogen-bond acceptors (Lipinski definition) is 3. The summed E-state index contributed by atoms with van der Waals surface area (Å²) in [5.41, 5.74) is 2.97. The third-order valence-corrected chi connectivity index (χ3v) is 5.65. The lowest BCUT2D eigenvalue weighted by molar-refractivity contribution is 0.0556. The summed E-state index contributed by atoms with van der Waals surface area (Å²) in [7, 11) is 0. The minimum atomic E-state index is 0.120. The monoisotopic (exact) mass is 339 g/mol. The Morgan fingerprint density at radius 3 is 2.92 bits per heavy atom. The summed E-state index contributed by atoms with van der Waals surface area (Å²) in [4.78, 5) is 19.7. The molecule has 24 heavy (non-hydrogen) atoms. The number of fused-ring (bicyclic) bond motifs is 2. The summed E-state index contributed by atoms with van der Waals surface area (Å²) in [6.45, 7) is 7.98. The summed E-state index contributed by atoms with van der Waals surface area (Å²) in [6, 6.07) is 10.2. The molecule has 1 amide bonds. The number of benzene rings is 1. The Labute approximate surface area is 145 Å². The lowest BCUT2D eigenvalue weighted by Gasteiger charge is -2.39. The Balaban J connectivity index is 1.72. The molecule has 124 valence electrons. The largest absolute Gasteiger partial charge is 0.348 e. The Hall–Kier alpha value is -2.14. The van der Waals surface area contributed by atoms with Crippen molar-refractivity contribution >= 4 is 27.5 Å². The van der Waals surface area contributed by atoms with E-state index in [9.17, 15) is 4.79 Å². The first-order chi connectivity index (χ1) is 11.5. The molecule has 3 aromatic rings. The molecule has 0 saturated heterocycles. The van der Waals surface area contributed by atoms with Crippen molar-refractivity contribution in [2.75, 3.05) is 6.54 Å². The Bertz CT molecular complexity index is 908. The molecule has 0 aliphatic carbocycles. The zero-order valence-corrected chi connectivity index (χ0v) is 15.0. The SMILES string of the molecule is Cc1nc2ccc(C(=O)N3CCn4cccc4C3C(C)C)cc2s1. The first-order valence-corrected chi connectivity index (χ1v) is 9.19. The Morgan fingerprint density at radius 2 is 2.12 bits per heavy atom. The quantitative estimate of drug-likeness (QED) is 0.700. The molecule has 0 saturated carbocycles. The van der Waals surface area contributed by atoms with Gasteiger partial charge in [0.05, 0.1) is 21.3 Å². The highest BCUT2D eigenvalue weighted by molar-refractivity contribution is 7.18. The molecule has 1 atom stereocenters. The molecule has 4 rings (SSSR count). The van der Waals surface area contributed by atoms with E-state index in [1.807, 2.05) is 30.0 Å². The molecule has 4 nitrogen and oxygen atoms in total. The summed E-state index contributed by atoms with van der Waals surface area (Å²) >= 11 is 1.64. The fourth-order valence-corrected chi connectivity index (χ4v) is 4.55. The van der Waals surface area contributed by atoms with E-state index in [2.05, 4.69) is 41.7 Å². The van der Waals surface area contributed by atoms with Crippen LogP contribution in [-0.2, 0) is 6.54 Å². The summed E-state index contributed by atoms with van der Waals surface area (Å²) < 4.78 is 3.35. The van der Waals surface area contributed by atoms with Crippen molar-refractivity contribution in [1.29, 1.82) is 0 Å². The van der Waals surface area contributed by atoms with Crippen LogP contribution in [-0.4, -0.2) is 26.9 Å². The maximum absolute atomic E-state index is 13.2. The summed E-state index contributed by atoms with van der Waals surface area (Å²) in [5.74, 6) is 0.492. The third kappa shape index (κ3) is 2.44. The molecule has 0 N–H and O–H groups in total. The van der Waals surface area contributed by atoms with Gasteiger partial charge < -0.3 is 9.47 Å². The van der Waals surface area contributed by atoms with Gasteiger partial charge in [-0.1, -0.05) is 13.8 Å². The van der Waals surface area contributed by atoms with Gasteiger partial charge in [0.2, 0.25) is 0 Å². The first-order valence-electron chi connectivity index (χ1n) is 8.38. The van der Waals surface area contributed by atoms with Gasteiger partial charge in [0.1, 0.15) is 0 Å². The van der Waals surface area contributed by atoms with E-state index in [0.29, 0.717) is 5.92 Å². The van der Waals surface area contributed by atoms with Crippen LogP contribution in [0.4, 0.5) is 0 Å². The van der Waals surface area contributed by atoms with E-state index in [1.165, 1.54) is 5.69 Å². The van der Waals surface area contributed by atoms with E-state index in [1.54, 1.807) is 11.3 Å². The Morgan fingerprint density at radius 1 is 1.29 bits per heavy atom. The summed E-state index contributed by atoms with van der Waals surface area (Å²) in [5, 5.41) is 1.03. The van der Waals surface area contributed by atoms with E-state index < -0.39 is 0 Å². The molecule has 1 aliphatic heterocycles. The predicted molar refractivity (Wildman–Crippen MR) is 97.4 cm³/mol. The van der Waals surface area contributed by atoms with E-state index in [4.69, 9.17) is 0 Å². The normalized spacial score (nSPS) is 17.5. The van der Waals surface area contributed by atoms with Crippen molar-refractivity contribution in [2.45, 2.75) is 33.4 Å². The van der Waals surface area contributed by atoms with Gasteiger partial charge in [-0.3, -0.25) is 4.79 Å². The van der Waals surface area contributed by atoms with E-state index in [0.717, 1.165) is 33.9 Å². The zero-order chi connectivity index (χ0) is 16.8. The second-order valence-corrected chi connectivity index (χ2v) is 7.96. The number of hydrogen-bond donors (Lipinski definition) is 0. The second-order valence-electron chi connectivity index (χ2n) is 6.73. The number of thiazole rings is 1. The topological polar surface area (TPSA) is 38.1 Å². The standard InChI is InChI=1S/C19H21N3OS/c1-12(2)18-16-5-4-8-21(16)9-10-22(18)19(23)14-6-7-15-17(11-14)24-13(3)20-15/h4-8,11-12,18H,9-10H2,1-3H3. The smallest absolute Gasteiger partial charge is 0.254 e. The second kappa shape index (κ2) is 5.74. The van der Waals surface area contributed by atoms with Crippen molar-refractivity contribution in [3.8, 4) is 0 Å². The number of carbonyl (C=O) groups excluding carboxylic acids is 1. The minimum absolute atomic E-state index is 0.120. The fraction of sp³-hybridized carbons (Fsp3) is 0.368.